The molecule has 128 valence electrons. The molecule has 3 heterocycles. The smallest absolute Gasteiger partial charge is 0.226 e. The zero-order valence-corrected chi connectivity index (χ0v) is 14.7. The molecule has 0 atom stereocenters. The van der Waals surface area contributed by atoms with E-state index in [1.54, 1.807) is 23.7 Å². The standard InChI is InChI=1S/C18H24N4OS/c23-17(20-7-1-2-10-22-11-3-4-12-22)13-16-14-24-18(21-16)15-5-8-19-9-6-15/h5-6,8-9,14H,1-4,7,10-13H2,(H,20,23). The monoisotopic (exact) mass is 344 g/mol. The third-order valence-corrected chi connectivity index (χ3v) is 5.18. The molecule has 1 saturated heterocycles. The highest BCUT2D eigenvalue weighted by atomic mass is 32.1. The Bertz CT molecular complexity index is 637. The van der Waals surface area contributed by atoms with Crippen molar-refractivity contribution in [3.8, 4) is 10.6 Å². The van der Waals surface area contributed by atoms with Crippen LogP contribution in [0.15, 0.2) is 29.9 Å². The van der Waals surface area contributed by atoms with Gasteiger partial charge in [-0.15, -0.1) is 11.3 Å². The summed E-state index contributed by atoms with van der Waals surface area (Å²) in [6.45, 7) is 4.41. The third kappa shape index (κ3) is 5.11. The third-order valence-electron chi connectivity index (χ3n) is 4.24. The molecule has 0 radical (unpaired) electrons. The van der Waals surface area contributed by atoms with Gasteiger partial charge in [-0.3, -0.25) is 9.78 Å². The fourth-order valence-electron chi connectivity index (χ4n) is 2.94. The summed E-state index contributed by atoms with van der Waals surface area (Å²) >= 11 is 1.57. The van der Waals surface area contributed by atoms with Crippen LogP contribution in [0.5, 0.6) is 0 Å². The number of rotatable bonds is 8. The molecule has 1 aliphatic heterocycles. The minimum Gasteiger partial charge on any atom is -0.356 e. The Morgan fingerprint density at radius 3 is 2.79 bits per heavy atom. The Morgan fingerprint density at radius 1 is 1.21 bits per heavy atom. The first-order chi connectivity index (χ1) is 11.8. The zero-order chi connectivity index (χ0) is 16.6. The number of thiazole rings is 1. The number of unbranched alkanes of at least 4 members (excludes halogenated alkanes) is 1. The lowest BCUT2D eigenvalue weighted by Crippen LogP contribution is -2.27. The topological polar surface area (TPSA) is 58.1 Å². The lowest BCUT2D eigenvalue weighted by atomic mass is 10.2. The molecule has 24 heavy (non-hydrogen) atoms. The molecule has 2 aromatic rings. The van der Waals surface area contributed by atoms with Crippen LogP contribution < -0.4 is 5.32 Å². The van der Waals surface area contributed by atoms with Gasteiger partial charge in [-0.2, -0.15) is 0 Å². The predicted molar refractivity (Wildman–Crippen MR) is 97.0 cm³/mol. The summed E-state index contributed by atoms with van der Waals surface area (Å²) in [4.78, 5) is 23.1. The Morgan fingerprint density at radius 2 is 2.00 bits per heavy atom. The van der Waals surface area contributed by atoms with Crippen LogP contribution in [0.1, 0.15) is 31.4 Å². The summed E-state index contributed by atoms with van der Waals surface area (Å²) < 4.78 is 0. The van der Waals surface area contributed by atoms with Gasteiger partial charge < -0.3 is 10.2 Å². The highest BCUT2D eigenvalue weighted by molar-refractivity contribution is 7.13. The van der Waals surface area contributed by atoms with Crippen molar-refractivity contribution in [1.29, 1.82) is 0 Å². The average Bonchev–Trinajstić information content (AvgIpc) is 3.27. The number of hydrogen-bond donors (Lipinski definition) is 1. The number of pyridine rings is 1. The van der Waals surface area contributed by atoms with Crippen molar-refractivity contribution >= 4 is 17.2 Å². The molecule has 0 saturated carbocycles. The SMILES string of the molecule is O=C(Cc1csc(-c2ccncc2)n1)NCCCCN1CCCC1. The number of nitrogens with zero attached hydrogens (tertiary/aromatic N) is 3. The number of aromatic nitrogens is 2. The van der Waals surface area contributed by atoms with E-state index >= 15 is 0 Å². The van der Waals surface area contributed by atoms with E-state index in [9.17, 15) is 4.79 Å². The van der Waals surface area contributed by atoms with Crippen molar-refractivity contribution < 1.29 is 4.79 Å². The van der Waals surface area contributed by atoms with Gasteiger partial charge in [0.15, 0.2) is 0 Å². The molecule has 1 fully saturated rings. The van der Waals surface area contributed by atoms with E-state index in [1.165, 1.54) is 25.9 Å². The van der Waals surface area contributed by atoms with Crippen molar-refractivity contribution in [2.45, 2.75) is 32.1 Å². The quantitative estimate of drug-likeness (QED) is 0.748. The van der Waals surface area contributed by atoms with Gasteiger partial charge in [0, 0.05) is 29.9 Å². The van der Waals surface area contributed by atoms with E-state index in [2.05, 4.69) is 20.2 Å². The predicted octanol–water partition coefficient (Wildman–Crippen LogP) is 2.74. The second-order valence-electron chi connectivity index (χ2n) is 6.16. The zero-order valence-electron chi connectivity index (χ0n) is 13.9. The first-order valence-corrected chi connectivity index (χ1v) is 9.53. The van der Waals surface area contributed by atoms with Gasteiger partial charge >= 0.3 is 0 Å². The van der Waals surface area contributed by atoms with Crippen LogP contribution >= 0.6 is 11.3 Å². The molecule has 0 aliphatic carbocycles. The maximum atomic E-state index is 12.0. The van der Waals surface area contributed by atoms with E-state index < -0.39 is 0 Å². The molecule has 0 unspecified atom stereocenters. The summed E-state index contributed by atoms with van der Waals surface area (Å²) in [6.07, 6.45) is 8.74. The van der Waals surface area contributed by atoms with Crippen LogP contribution in [-0.4, -0.2) is 47.0 Å². The van der Waals surface area contributed by atoms with Gasteiger partial charge in [0.25, 0.3) is 0 Å². The summed E-state index contributed by atoms with van der Waals surface area (Å²) in [6, 6.07) is 3.87. The first kappa shape index (κ1) is 17.0. The Balaban J connectivity index is 1.35. The number of amides is 1. The molecule has 0 aromatic carbocycles. The number of carbonyl (C=O) groups excluding carboxylic acids is 1. The fourth-order valence-corrected chi connectivity index (χ4v) is 3.76. The van der Waals surface area contributed by atoms with Gasteiger partial charge in [0.1, 0.15) is 5.01 Å². The van der Waals surface area contributed by atoms with Crippen molar-refractivity contribution in [3.05, 3.63) is 35.6 Å². The highest BCUT2D eigenvalue weighted by Gasteiger charge is 2.11. The molecule has 1 N–H and O–H groups in total. The maximum absolute atomic E-state index is 12.0. The summed E-state index contributed by atoms with van der Waals surface area (Å²) in [7, 11) is 0. The molecule has 3 rings (SSSR count). The Hall–Kier alpha value is -1.79. The van der Waals surface area contributed by atoms with Gasteiger partial charge in [-0.25, -0.2) is 4.98 Å². The second-order valence-corrected chi connectivity index (χ2v) is 7.02. The molecule has 6 heteroatoms. The van der Waals surface area contributed by atoms with Crippen LogP contribution in [0.2, 0.25) is 0 Å². The van der Waals surface area contributed by atoms with Crippen molar-refractivity contribution in [2.75, 3.05) is 26.2 Å². The lowest BCUT2D eigenvalue weighted by molar-refractivity contribution is -0.120. The van der Waals surface area contributed by atoms with E-state index in [0.29, 0.717) is 6.42 Å². The molecule has 5 nitrogen and oxygen atoms in total. The molecule has 1 amide bonds. The van der Waals surface area contributed by atoms with E-state index in [0.717, 1.165) is 42.2 Å². The van der Waals surface area contributed by atoms with Crippen molar-refractivity contribution in [3.63, 3.8) is 0 Å². The average molecular weight is 344 g/mol. The van der Waals surface area contributed by atoms with Gasteiger partial charge in [-0.05, 0) is 57.5 Å². The molecule has 1 aliphatic rings. The molecular formula is C18H24N4OS. The summed E-state index contributed by atoms with van der Waals surface area (Å²) in [5.74, 6) is 0.0581. The van der Waals surface area contributed by atoms with E-state index in [4.69, 9.17) is 0 Å². The van der Waals surface area contributed by atoms with Gasteiger partial charge in [0.2, 0.25) is 5.91 Å². The van der Waals surface area contributed by atoms with E-state index in [-0.39, 0.29) is 5.91 Å². The fraction of sp³-hybridized carbons (Fsp3) is 0.500. The van der Waals surface area contributed by atoms with Gasteiger partial charge in [0.05, 0.1) is 12.1 Å². The molecule has 0 bridgehead atoms. The van der Waals surface area contributed by atoms with Crippen molar-refractivity contribution in [1.82, 2.24) is 20.2 Å². The maximum Gasteiger partial charge on any atom is 0.226 e. The normalized spacial score (nSPS) is 14.8. The highest BCUT2D eigenvalue weighted by Crippen LogP contribution is 2.22. The summed E-state index contributed by atoms with van der Waals surface area (Å²) in [5.41, 5.74) is 1.88. The van der Waals surface area contributed by atoms with Gasteiger partial charge in [-0.1, -0.05) is 0 Å². The summed E-state index contributed by atoms with van der Waals surface area (Å²) in [5, 5.41) is 5.90. The van der Waals surface area contributed by atoms with Crippen LogP contribution in [0.4, 0.5) is 0 Å². The molecule has 0 spiro atoms. The number of hydrogen-bond acceptors (Lipinski definition) is 5. The number of carbonyl (C=O) groups is 1. The lowest BCUT2D eigenvalue weighted by Gasteiger charge is -2.13. The minimum absolute atomic E-state index is 0.0581. The van der Waals surface area contributed by atoms with Crippen LogP contribution in [0.25, 0.3) is 10.6 Å². The van der Waals surface area contributed by atoms with Crippen LogP contribution in [-0.2, 0) is 11.2 Å². The number of nitrogens with one attached hydrogen (secondary N) is 1. The van der Waals surface area contributed by atoms with Crippen LogP contribution in [0, 0.1) is 0 Å². The molecule has 2 aromatic heterocycles. The second kappa shape index (κ2) is 8.89. The molecular weight excluding hydrogens is 320 g/mol. The largest absolute Gasteiger partial charge is 0.356 e. The van der Waals surface area contributed by atoms with Crippen molar-refractivity contribution in [2.24, 2.45) is 0 Å². The van der Waals surface area contributed by atoms with E-state index in [1.807, 2.05) is 17.5 Å². The first-order valence-electron chi connectivity index (χ1n) is 8.65. The Labute approximate surface area is 147 Å². The number of likely N-dealkylation sites (tertiary alicyclic amines) is 1. The Kier molecular flexibility index (Phi) is 6.32. The van der Waals surface area contributed by atoms with Crippen LogP contribution in [0.3, 0.4) is 0 Å². The minimum atomic E-state index is 0.0581.